The third-order valence-corrected chi connectivity index (χ3v) is 4.19. The van der Waals surface area contributed by atoms with E-state index >= 15 is 0 Å². The lowest BCUT2D eigenvalue weighted by Gasteiger charge is -2.28. The molecule has 3 heteroatoms. The van der Waals surface area contributed by atoms with Crippen LogP contribution in [-0.2, 0) is 13.0 Å². The predicted molar refractivity (Wildman–Crippen MR) is 89.6 cm³/mol. The zero-order chi connectivity index (χ0) is 15.4. The van der Waals surface area contributed by atoms with E-state index < -0.39 is 0 Å². The van der Waals surface area contributed by atoms with Crippen molar-refractivity contribution < 1.29 is 4.42 Å². The van der Waals surface area contributed by atoms with Crippen molar-refractivity contribution in [2.24, 2.45) is 5.92 Å². The monoisotopic (exact) mass is 288 g/mol. The van der Waals surface area contributed by atoms with Crippen LogP contribution < -0.4 is 5.32 Å². The van der Waals surface area contributed by atoms with Crippen molar-refractivity contribution in [3.63, 3.8) is 0 Å². The summed E-state index contributed by atoms with van der Waals surface area (Å²) in [6, 6.07) is 8.87. The molecule has 0 saturated heterocycles. The summed E-state index contributed by atoms with van der Waals surface area (Å²) >= 11 is 0. The molecular weight excluding hydrogens is 260 g/mol. The first-order valence-corrected chi connectivity index (χ1v) is 7.91. The van der Waals surface area contributed by atoms with E-state index in [-0.39, 0.29) is 0 Å². The van der Waals surface area contributed by atoms with E-state index in [1.54, 1.807) is 0 Å². The highest BCUT2D eigenvalue weighted by molar-refractivity contribution is 5.82. The van der Waals surface area contributed by atoms with Crippen LogP contribution in [0.1, 0.15) is 32.1 Å². The lowest BCUT2D eigenvalue weighted by molar-refractivity contribution is 0.224. The van der Waals surface area contributed by atoms with Crippen molar-refractivity contribution in [2.45, 2.75) is 39.8 Å². The van der Waals surface area contributed by atoms with Crippen LogP contribution >= 0.6 is 0 Å². The van der Waals surface area contributed by atoms with Gasteiger partial charge >= 0.3 is 0 Å². The van der Waals surface area contributed by atoms with Gasteiger partial charge in [0.15, 0.2) is 0 Å². The second-order valence-corrected chi connectivity index (χ2v) is 6.26. The van der Waals surface area contributed by atoms with E-state index in [1.807, 2.05) is 6.07 Å². The van der Waals surface area contributed by atoms with Crippen molar-refractivity contribution in [3.8, 4) is 0 Å². The van der Waals surface area contributed by atoms with Gasteiger partial charge in [0, 0.05) is 36.5 Å². The average Bonchev–Trinajstić information content (AvgIpc) is 2.80. The molecule has 0 aliphatic rings. The lowest BCUT2D eigenvalue weighted by Crippen LogP contribution is -2.41. The molecule has 0 bridgehead atoms. The number of fused-ring (bicyclic) bond motifs is 1. The molecule has 0 saturated carbocycles. The highest BCUT2D eigenvalue weighted by Crippen LogP contribution is 2.26. The van der Waals surface area contributed by atoms with Gasteiger partial charge in [-0.05, 0) is 26.1 Å². The van der Waals surface area contributed by atoms with Crippen LogP contribution in [0.5, 0.6) is 0 Å². The topological polar surface area (TPSA) is 28.4 Å². The molecule has 0 amide bonds. The molecule has 1 atom stereocenters. The van der Waals surface area contributed by atoms with Gasteiger partial charge in [0.2, 0.25) is 0 Å². The van der Waals surface area contributed by atoms with E-state index in [2.05, 4.69) is 63.3 Å². The summed E-state index contributed by atoms with van der Waals surface area (Å²) in [7, 11) is 4.30. The summed E-state index contributed by atoms with van der Waals surface area (Å²) in [5.41, 5.74) is 2.31. The Morgan fingerprint density at radius 2 is 1.90 bits per heavy atom. The van der Waals surface area contributed by atoms with Crippen LogP contribution in [0.2, 0.25) is 0 Å². The van der Waals surface area contributed by atoms with Crippen LogP contribution in [0.15, 0.2) is 28.7 Å². The molecule has 116 valence electrons. The Hall–Kier alpha value is -1.32. The van der Waals surface area contributed by atoms with Gasteiger partial charge < -0.3 is 14.6 Å². The minimum Gasteiger partial charge on any atom is -0.461 e. The van der Waals surface area contributed by atoms with E-state index in [0.29, 0.717) is 12.0 Å². The second kappa shape index (κ2) is 7.10. The van der Waals surface area contributed by atoms with Crippen LogP contribution in [0.25, 0.3) is 11.0 Å². The molecule has 1 unspecified atom stereocenters. The van der Waals surface area contributed by atoms with Crippen LogP contribution in [-0.4, -0.2) is 31.6 Å². The molecule has 1 aromatic heterocycles. The summed E-state index contributed by atoms with van der Waals surface area (Å²) < 4.78 is 5.95. The average molecular weight is 288 g/mol. The molecule has 2 rings (SSSR count). The summed E-state index contributed by atoms with van der Waals surface area (Å²) in [6.45, 7) is 8.57. The minimum atomic E-state index is 0.549. The number of rotatable bonds is 7. The van der Waals surface area contributed by atoms with Crippen LogP contribution in [0.4, 0.5) is 0 Å². The molecule has 0 radical (unpaired) electrons. The molecule has 3 nitrogen and oxygen atoms in total. The van der Waals surface area contributed by atoms with Gasteiger partial charge in [0.05, 0.1) is 0 Å². The number of aryl methyl sites for hydroxylation is 1. The maximum Gasteiger partial charge on any atom is 0.134 e. The summed E-state index contributed by atoms with van der Waals surface area (Å²) in [5.74, 6) is 1.74. The number of furan rings is 1. The molecule has 0 aliphatic carbocycles. The Labute approximate surface area is 128 Å². The van der Waals surface area contributed by atoms with Crippen molar-refractivity contribution in [1.82, 2.24) is 10.2 Å². The minimum absolute atomic E-state index is 0.549. The molecule has 0 fully saturated rings. The van der Waals surface area contributed by atoms with Gasteiger partial charge in [-0.1, -0.05) is 39.0 Å². The van der Waals surface area contributed by atoms with E-state index in [4.69, 9.17) is 4.42 Å². The smallest absolute Gasteiger partial charge is 0.134 e. The van der Waals surface area contributed by atoms with Gasteiger partial charge in [0.25, 0.3) is 0 Å². The zero-order valence-corrected chi connectivity index (χ0v) is 13.9. The Morgan fingerprint density at radius 1 is 1.19 bits per heavy atom. The quantitative estimate of drug-likeness (QED) is 0.842. The normalized spacial score (nSPS) is 13.5. The van der Waals surface area contributed by atoms with Gasteiger partial charge in [-0.25, -0.2) is 0 Å². The van der Waals surface area contributed by atoms with Crippen LogP contribution in [0, 0.1) is 5.92 Å². The fraction of sp³-hybridized carbons (Fsp3) is 0.556. The van der Waals surface area contributed by atoms with Crippen molar-refractivity contribution in [3.05, 3.63) is 35.6 Å². The summed E-state index contributed by atoms with van der Waals surface area (Å²) in [5, 5.41) is 4.86. The Bertz CT molecular complexity index is 564. The number of nitrogens with zero attached hydrogens (tertiary/aromatic N) is 1. The van der Waals surface area contributed by atoms with Gasteiger partial charge in [-0.3, -0.25) is 0 Å². The Balaban J connectivity index is 2.09. The number of hydrogen-bond donors (Lipinski definition) is 1. The fourth-order valence-electron chi connectivity index (χ4n) is 2.99. The van der Waals surface area contributed by atoms with E-state index in [9.17, 15) is 0 Å². The Morgan fingerprint density at radius 3 is 2.52 bits per heavy atom. The lowest BCUT2D eigenvalue weighted by atomic mass is 10.0. The molecule has 21 heavy (non-hydrogen) atoms. The number of benzene rings is 1. The largest absolute Gasteiger partial charge is 0.461 e. The molecular formula is C18H28N2O. The summed E-state index contributed by atoms with van der Waals surface area (Å²) in [4.78, 5) is 2.30. The van der Waals surface area contributed by atoms with Crippen LogP contribution in [0.3, 0.4) is 0 Å². The maximum atomic E-state index is 5.95. The first-order chi connectivity index (χ1) is 10.0. The zero-order valence-electron chi connectivity index (χ0n) is 13.9. The van der Waals surface area contributed by atoms with Gasteiger partial charge in [0.1, 0.15) is 11.3 Å². The maximum absolute atomic E-state index is 5.95. The molecule has 1 aromatic carbocycles. The first kappa shape index (κ1) is 16.1. The third-order valence-electron chi connectivity index (χ3n) is 4.19. The van der Waals surface area contributed by atoms with Gasteiger partial charge in [-0.15, -0.1) is 0 Å². The summed E-state index contributed by atoms with van der Waals surface area (Å²) in [6.07, 6.45) is 0.937. The highest BCUT2D eigenvalue weighted by atomic mass is 16.3. The molecule has 1 N–H and O–H groups in total. The predicted octanol–water partition coefficient (Wildman–Crippen LogP) is 3.67. The standard InChI is InChI=1S/C18H28N2O/c1-6-17-15(14-9-7-8-10-18(14)21-17)11-19-12-16(13(2)3)20(4)5/h7-10,13,16,19H,6,11-12H2,1-5H3. The first-order valence-electron chi connectivity index (χ1n) is 7.91. The molecule has 1 heterocycles. The number of nitrogens with one attached hydrogen (secondary N) is 1. The molecule has 0 aliphatic heterocycles. The van der Waals surface area contributed by atoms with Crippen molar-refractivity contribution in [2.75, 3.05) is 20.6 Å². The SMILES string of the molecule is CCc1oc2ccccc2c1CNCC(C(C)C)N(C)C. The highest BCUT2D eigenvalue weighted by Gasteiger charge is 2.16. The molecule has 0 spiro atoms. The second-order valence-electron chi connectivity index (χ2n) is 6.26. The third kappa shape index (κ3) is 3.66. The Kier molecular flexibility index (Phi) is 5.43. The van der Waals surface area contributed by atoms with E-state index in [1.165, 1.54) is 10.9 Å². The number of para-hydroxylation sites is 1. The molecule has 2 aromatic rings. The number of hydrogen-bond acceptors (Lipinski definition) is 3. The number of likely N-dealkylation sites (N-methyl/N-ethyl adjacent to an activating group) is 1. The van der Waals surface area contributed by atoms with E-state index in [0.717, 1.165) is 30.9 Å². The van der Waals surface area contributed by atoms with Crippen molar-refractivity contribution in [1.29, 1.82) is 0 Å². The fourth-order valence-corrected chi connectivity index (χ4v) is 2.99. The van der Waals surface area contributed by atoms with Crippen molar-refractivity contribution >= 4 is 11.0 Å². The van der Waals surface area contributed by atoms with Gasteiger partial charge in [-0.2, -0.15) is 0 Å².